The van der Waals surface area contributed by atoms with E-state index in [9.17, 15) is 24.0 Å². The summed E-state index contributed by atoms with van der Waals surface area (Å²) in [4.78, 5) is 68.6. The third-order valence-corrected chi connectivity index (χ3v) is 24.9. The molecule has 4 atom stereocenters. The van der Waals surface area contributed by atoms with Gasteiger partial charge in [-0.15, -0.1) is 5.06 Å². The molecule has 3 N–H and O–H groups in total. The molecule has 364 valence electrons. The van der Waals surface area contributed by atoms with Crippen LogP contribution in [0.1, 0.15) is 45.4 Å². The van der Waals surface area contributed by atoms with E-state index in [2.05, 4.69) is 92.7 Å². The minimum absolute atomic E-state index is 0.108. The van der Waals surface area contributed by atoms with E-state index in [1.54, 1.807) is 68.9 Å². The number of amides is 3. The van der Waals surface area contributed by atoms with Gasteiger partial charge in [0, 0.05) is 68.8 Å². The minimum atomic E-state index is -1.39. The van der Waals surface area contributed by atoms with Crippen LogP contribution in [0, 0.1) is 0 Å². The van der Waals surface area contributed by atoms with Gasteiger partial charge < -0.3 is 15.9 Å². The quantitative estimate of drug-likeness (QED) is 0.0268. The minimum Gasteiger partial charge on any atom is 0.0974 e. The molecule has 3 heterocycles. The van der Waals surface area contributed by atoms with E-state index in [-0.39, 0.29) is 25.2 Å². The first-order valence-electron chi connectivity index (χ1n) is 18.3. The number of carbonyl (C=O) groups is 5. The number of rotatable bonds is 19. The largest absolute Gasteiger partial charge is 0.355 e. The topological polar surface area (TPSA) is 162 Å². The van der Waals surface area contributed by atoms with Gasteiger partial charge >= 0.3 is 157 Å². The van der Waals surface area contributed by atoms with E-state index in [0.717, 1.165) is 33.1 Å². The average Bonchev–Trinajstić information content (AvgIpc) is 3.64. The van der Waals surface area contributed by atoms with Gasteiger partial charge in [0.2, 0.25) is 5.91 Å². The fraction of sp³-hybridized carbons (Fsp3) is 0.483. The molecule has 1 saturated heterocycles. The summed E-state index contributed by atoms with van der Waals surface area (Å²) >= 11 is 6.03. The Morgan fingerprint density at radius 3 is 1.79 bits per heavy atom. The second-order valence-corrected chi connectivity index (χ2v) is 33.4. The number of pyridine rings is 2. The molecule has 0 aromatic carbocycles. The molecule has 0 aliphatic carbocycles. The third-order valence-electron chi connectivity index (χ3n) is 4.90. The van der Waals surface area contributed by atoms with Gasteiger partial charge in [-0.2, -0.15) is 12.6 Å². The number of hydroxylamine groups is 2. The molecule has 11 nitrogen and oxygen atoms in total. The van der Waals surface area contributed by atoms with Crippen molar-refractivity contribution >= 4 is 217 Å². The molecular formula is C29H59I4N5O6P4S13-2. The second kappa shape index (κ2) is 73.9. The van der Waals surface area contributed by atoms with Gasteiger partial charge in [-0.05, 0) is 65.4 Å². The van der Waals surface area contributed by atoms with Crippen molar-refractivity contribution in [3.8, 4) is 0 Å². The molecule has 4 unspecified atom stereocenters. The van der Waals surface area contributed by atoms with E-state index in [1.165, 1.54) is 36.6 Å². The second-order valence-electron chi connectivity index (χ2n) is 8.35. The maximum atomic E-state index is 11.5. The molecule has 61 heavy (non-hydrogen) atoms. The van der Waals surface area contributed by atoms with Gasteiger partial charge in [0.05, 0.1) is 15.3 Å². The molecule has 1 fully saturated rings. The van der Waals surface area contributed by atoms with Crippen LogP contribution in [0.5, 0.6) is 0 Å². The molecule has 0 bridgehead atoms. The van der Waals surface area contributed by atoms with Crippen molar-refractivity contribution in [2.75, 3.05) is 43.9 Å². The first-order chi connectivity index (χ1) is 32.1. The van der Waals surface area contributed by atoms with Gasteiger partial charge in [0.1, 0.15) is 15.8 Å². The predicted octanol–water partition coefficient (Wildman–Crippen LogP) is 1.10. The van der Waals surface area contributed by atoms with E-state index in [1.807, 2.05) is 49.6 Å². The summed E-state index contributed by atoms with van der Waals surface area (Å²) in [7, 11) is 29.7. The van der Waals surface area contributed by atoms with Crippen molar-refractivity contribution in [1.82, 2.24) is 20.3 Å². The predicted molar refractivity (Wildman–Crippen MR) is 313 cm³/mol. The summed E-state index contributed by atoms with van der Waals surface area (Å²) in [6, 6.07) is 11.4. The van der Waals surface area contributed by atoms with Crippen LogP contribution in [0.4, 0.5) is 0 Å². The Kier molecular flexibility index (Phi) is 79.9. The fourth-order valence-electron chi connectivity index (χ4n) is 2.62. The zero-order valence-electron chi connectivity index (χ0n) is 39.4. The van der Waals surface area contributed by atoms with Crippen molar-refractivity contribution < 1.29 is 91.8 Å². The summed E-state index contributed by atoms with van der Waals surface area (Å²) in [6.45, 7) is 1.03. The van der Waals surface area contributed by atoms with Crippen LogP contribution in [-0.4, -0.2) is 93.1 Å². The van der Waals surface area contributed by atoms with Crippen LogP contribution in [0.3, 0.4) is 0 Å². The molecule has 3 amide bonds. The Morgan fingerprint density at radius 1 is 1.00 bits per heavy atom. The van der Waals surface area contributed by atoms with Crippen LogP contribution < -0.4 is 74.1 Å². The number of ketones is 1. The molecule has 3 rings (SSSR count). The first-order valence-corrected chi connectivity index (χ1v) is 47.6. The normalized spacial score (nSPS) is 12.1. The molecule has 0 spiro atoms. The number of thiol groups is 5. The molecule has 2 aromatic heterocycles. The summed E-state index contributed by atoms with van der Waals surface area (Å²) in [5, 5.41) is 4.99. The van der Waals surface area contributed by atoms with E-state index < -0.39 is 107 Å². The number of imide groups is 1. The van der Waals surface area contributed by atoms with E-state index >= 15 is 0 Å². The number of aromatic nitrogens is 2. The van der Waals surface area contributed by atoms with Crippen LogP contribution in [0.15, 0.2) is 58.8 Å². The van der Waals surface area contributed by atoms with Crippen molar-refractivity contribution in [1.29, 1.82) is 4.78 Å². The average molecular weight is 1630 g/mol. The van der Waals surface area contributed by atoms with E-state index in [4.69, 9.17) is 9.62 Å². The Balaban J connectivity index is -0.000000135. The maximum Gasteiger partial charge on any atom is 0.355 e. The summed E-state index contributed by atoms with van der Waals surface area (Å²) in [5.74, 6) is 1.94. The SMILES string of the molecule is CCC(=O)CCSSc1ccccn1.CN.CNC(=O)CCSSC.CS.O=C(CCSSc1ccccn1)ON1C(=O)CCC1=O.[2H]SSI([2H])PP.[2H][I-]S.[2H][I-]S.[2H][I-]S.[2H][P+](P)=S. The molecule has 2 aromatic rings. The Hall–Kier alpha value is 4.94. The monoisotopic (exact) mass is 1630 g/mol. The fourth-order valence-corrected chi connectivity index (χ4v) is 17.4. The van der Waals surface area contributed by atoms with Crippen molar-refractivity contribution in [2.24, 2.45) is 5.73 Å². The van der Waals surface area contributed by atoms with Crippen LogP contribution in [-0.2, 0) is 40.6 Å². The number of nitrogens with two attached hydrogens (primary N) is 1. The molecule has 1 aliphatic heterocycles. The number of nitrogens with one attached hydrogen (secondary N) is 1. The van der Waals surface area contributed by atoms with Gasteiger partial charge in [-0.1, -0.05) is 62.2 Å². The Bertz CT molecular complexity index is 1420. The van der Waals surface area contributed by atoms with Crippen molar-refractivity contribution in [3.05, 3.63) is 48.8 Å². The van der Waals surface area contributed by atoms with Crippen molar-refractivity contribution in [3.63, 3.8) is 0 Å². The van der Waals surface area contributed by atoms with Crippen LogP contribution in [0.2, 0.25) is 0 Å². The molecule has 32 heteroatoms. The summed E-state index contributed by atoms with van der Waals surface area (Å²) in [5.41, 5.74) is 4.50. The number of hydrogen-bond donors (Lipinski definition) is 7. The van der Waals surface area contributed by atoms with Gasteiger partial charge in [-0.25, -0.2) is 14.8 Å². The van der Waals surface area contributed by atoms with Gasteiger partial charge in [-0.3, -0.25) is 19.2 Å². The van der Waals surface area contributed by atoms with Crippen LogP contribution in [0.25, 0.3) is 0 Å². The number of carbonyl (C=O) groups excluding carboxylic acids is 5. The molecular weight excluding hydrogens is 1560 g/mol. The Morgan fingerprint density at radius 2 is 1.44 bits per heavy atom. The number of halogens is 4. The van der Waals surface area contributed by atoms with Crippen LogP contribution >= 0.6 is 176 Å². The third kappa shape index (κ3) is 64.9. The molecule has 1 aliphatic rings. The number of hydrogen-bond acceptors (Lipinski definition) is 22. The molecule has 0 saturated carbocycles. The standard InChI is InChI=1S/C12H12N2O4S2.C10H13NOS2.C5H11NOS2.CH5N.CH4S.H5IP2S2.3H2IS.H2P2S/c15-10-4-5-11(16)14(10)18-12(17)6-8-19-20-9-3-1-2-7-13-9;1-2-9(12)6-8-13-14-10-5-3-4-7-11-10;1-6-5(7)3-4-9-8-2;2*1-2;2-3-1-5-4;3*1-2;1-2-3/h1-3,7H,4-6,8H2;3-5,7H,2,6,8H2,1H3;3-4H2,1-2H3,(H,6,7);2H2,1H3;2H,1H3;1,3-4H,2H2;3*1-2H;1H2/q;;;;;;3*-1;/p+1/i;;;;;4*1D;/hD2. The number of nitrogens with zero attached hydrogens (tertiary/aromatic N) is 3. The Labute approximate surface area is 480 Å². The first kappa shape index (κ1) is 65.9. The van der Waals surface area contributed by atoms with Gasteiger partial charge in [0.15, 0.2) is 18.8 Å². The van der Waals surface area contributed by atoms with Crippen molar-refractivity contribution in [2.45, 2.75) is 55.5 Å². The zero-order valence-corrected chi connectivity index (χ0v) is 57.2. The number of Topliss-reactive ketones (excluding diaryl/α,β-unsaturated/α-hetero) is 1. The smallest absolute Gasteiger partial charge is 0.0974 e. The van der Waals surface area contributed by atoms with E-state index in [0.29, 0.717) is 41.8 Å². The summed E-state index contributed by atoms with van der Waals surface area (Å²) in [6.07, 6.45) is 9.46. The molecule has 0 radical (unpaired) electrons. The van der Waals surface area contributed by atoms with Gasteiger partial charge in [0.25, 0.3) is 11.8 Å². The maximum absolute atomic E-state index is 11.5. The summed E-state index contributed by atoms with van der Waals surface area (Å²) < 4.78 is 38.8. The zero-order chi connectivity index (χ0) is 53.1.